The number of aromatic nitrogens is 2. The molecule has 0 radical (unpaired) electrons. The number of hydrogen-bond donors (Lipinski definition) is 0. The van der Waals surface area contributed by atoms with E-state index in [0.717, 1.165) is 5.69 Å². The van der Waals surface area contributed by atoms with Gasteiger partial charge in [-0.3, -0.25) is 14.7 Å². The van der Waals surface area contributed by atoms with Crippen LogP contribution in [0.25, 0.3) is 0 Å². The Kier molecular flexibility index (Phi) is 7.11. The first-order chi connectivity index (χ1) is 15.3. The molecule has 0 spiro atoms. The Balaban J connectivity index is 1.53. The predicted octanol–water partition coefficient (Wildman–Crippen LogP) is 3.87. The third-order valence-electron chi connectivity index (χ3n) is 4.92. The van der Waals surface area contributed by atoms with Gasteiger partial charge in [-0.25, -0.2) is 9.78 Å². The van der Waals surface area contributed by atoms with Crippen LogP contribution in [0.15, 0.2) is 22.7 Å². The summed E-state index contributed by atoms with van der Waals surface area (Å²) in [5.74, 6) is -2.38. The maximum Gasteiger partial charge on any atom is 0.452 e. The number of aryl methyl sites for hydroxylation is 1. The highest BCUT2D eigenvalue weighted by Gasteiger charge is 2.41. The third kappa shape index (κ3) is 6.77. The molecule has 0 saturated carbocycles. The van der Waals surface area contributed by atoms with Crippen LogP contribution >= 0.6 is 0 Å². The van der Waals surface area contributed by atoms with E-state index < -0.39 is 29.0 Å². The van der Waals surface area contributed by atoms with Crippen LogP contribution in [0.3, 0.4) is 0 Å². The van der Waals surface area contributed by atoms with E-state index in [0.29, 0.717) is 38.3 Å². The van der Waals surface area contributed by atoms with Gasteiger partial charge in [0.15, 0.2) is 17.4 Å². The van der Waals surface area contributed by atoms with Gasteiger partial charge in [-0.15, -0.1) is 0 Å². The molecule has 1 amide bonds. The number of oxazole rings is 1. The van der Waals surface area contributed by atoms with Crippen LogP contribution in [-0.4, -0.2) is 63.4 Å². The molecule has 11 heteroatoms. The molecular weight excluding hydrogens is 441 g/mol. The fourth-order valence-electron chi connectivity index (χ4n) is 3.37. The number of pyridine rings is 1. The molecular formula is C22H27F3N4O4. The average molecular weight is 468 g/mol. The molecule has 0 aromatic carbocycles. The number of ether oxygens (including phenoxy) is 1. The van der Waals surface area contributed by atoms with Gasteiger partial charge in [-0.05, 0) is 32.4 Å². The summed E-state index contributed by atoms with van der Waals surface area (Å²) in [5, 5.41) is 0. The first-order valence-corrected chi connectivity index (χ1v) is 10.5. The number of amides is 1. The van der Waals surface area contributed by atoms with Crippen LogP contribution in [-0.2, 0) is 23.9 Å². The Morgan fingerprint density at radius 3 is 2.33 bits per heavy atom. The second-order valence-electron chi connectivity index (χ2n) is 8.91. The number of nitrogens with zero attached hydrogens (tertiary/aromatic N) is 4. The molecule has 0 atom stereocenters. The summed E-state index contributed by atoms with van der Waals surface area (Å²) in [5.41, 5.74) is -0.0217. The number of halogens is 3. The van der Waals surface area contributed by atoms with Crippen molar-refractivity contribution in [2.75, 3.05) is 26.2 Å². The van der Waals surface area contributed by atoms with E-state index in [1.165, 1.54) is 13.1 Å². The lowest BCUT2D eigenvalue weighted by molar-refractivity contribution is -0.153. The van der Waals surface area contributed by atoms with E-state index >= 15 is 0 Å². The van der Waals surface area contributed by atoms with E-state index in [1.54, 1.807) is 17.0 Å². The third-order valence-corrected chi connectivity index (χ3v) is 4.92. The number of piperazine rings is 1. The Bertz CT molecular complexity index is 989. The van der Waals surface area contributed by atoms with Crippen LogP contribution < -0.4 is 0 Å². The van der Waals surface area contributed by atoms with Crippen LogP contribution in [0.1, 0.15) is 54.2 Å². The van der Waals surface area contributed by atoms with Crippen molar-refractivity contribution in [2.45, 2.75) is 52.4 Å². The molecule has 1 aliphatic rings. The zero-order chi connectivity index (χ0) is 24.4. The molecule has 33 heavy (non-hydrogen) atoms. The highest BCUT2D eigenvalue weighted by molar-refractivity contribution is 5.96. The molecule has 1 fully saturated rings. The highest BCUT2D eigenvalue weighted by atomic mass is 19.4. The fraction of sp³-hybridized carbons (Fsp3) is 0.545. The smallest absolute Gasteiger partial charge is 0.444 e. The number of alkyl halides is 3. The number of hydrogen-bond acceptors (Lipinski definition) is 7. The zero-order valence-electron chi connectivity index (χ0n) is 19.0. The lowest BCUT2D eigenvalue weighted by Gasteiger charge is -2.35. The minimum Gasteiger partial charge on any atom is -0.444 e. The van der Waals surface area contributed by atoms with E-state index in [-0.39, 0.29) is 18.4 Å². The first kappa shape index (κ1) is 24.7. The number of rotatable bonds is 5. The second-order valence-corrected chi connectivity index (χ2v) is 8.91. The van der Waals surface area contributed by atoms with E-state index in [9.17, 15) is 22.8 Å². The number of carbonyl (C=O) groups is 2. The molecule has 0 bridgehead atoms. The van der Waals surface area contributed by atoms with Gasteiger partial charge in [0.25, 0.3) is 0 Å². The Hall–Kier alpha value is -2.95. The van der Waals surface area contributed by atoms with E-state index in [1.807, 2.05) is 20.8 Å². The van der Waals surface area contributed by atoms with Crippen molar-refractivity contribution in [1.82, 2.24) is 19.8 Å². The molecule has 3 rings (SSSR count). The van der Waals surface area contributed by atoms with Gasteiger partial charge in [0.05, 0.1) is 5.69 Å². The normalized spacial score (nSPS) is 15.5. The quantitative estimate of drug-likeness (QED) is 0.616. The topological polar surface area (TPSA) is 88.8 Å². The Morgan fingerprint density at radius 1 is 1.12 bits per heavy atom. The minimum atomic E-state index is -4.79. The van der Waals surface area contributed by atoms with Crippen LogP contribution in [0.5, 0.6) is 0 Å². The Labute approximate surface area is 189 Å². The molecule has 2 aromatic heterocycles. The molecule has 8 nitrogen and oxygen atoms in total. The summed E-state index contributed by atoms with van der Waals surface area (Å²) in [4.78, 5) is 36.3. The zero-order valence-corrected chi connectivity index (χ0v) is 19.0. The monoisotopic (exact) mass is 468 g/mol. The summed E-state index contributed by atoms with van der Waals surface area (Å²) < 4.78 is 49.1. The molecule has 180 valence electrons. The molecule has 0 aliphatic carbocycles. The van der Waals surface area contributed by atoms with Crippen molar-refractivity contribution in [1.29, 1.82) is 0 Å². The lowest BCUT2D eigenvalue weighted by atomic mass is 10.1. The van der Waals surface area contributed by atoms with Crippen molar-refractivity contribution in [2.24, 2.45) is 0 Å². The van der Waals surface area contributed by atoms with Crippen LogP contribution in [0, 0.1) is 6.92 Å². The van der Waals surface area contributed by atoms with Gasteiger partial charge in [0, 0.05) is 52.3 Å². The maximum absolute atomic E-state index is 13.0. The van der Waals surface area contributed by atoms with Crippen molar-refractivity contribution >= 4 is 11.9 Å². The summed E-state index contributed by atoms with van der Waals surface area (Å²) in [7, 11) is 0. The molecule has 1 aliphatic heterocycles. The molecule has 1 saturated heterocycles. The van der Waals surface area contributed by atoms with Crippen LogP contribution in [0.4, 0.5) is 18.0 Å². The number of ketones is 1. The number of carbonyl (C=O) groups excluding carboxylic acids is 2. The minimum absolute atomic E-state index is 0.217. The van der Waals surface area contributed by atoms with Crippen molar-refractivity contribution in [3.8, 4) is 0 Å². The van der Waals surface area contributed by atoms with Gasteiger partial charge in [0.2, 0.25) is 5.76 Å². The summed E-state index contributed by atoms with van der Waals surface area (Å²) >= 11 is 0. The molecule has 3 heterocycles. The highest BCUT2D eigenvalue weighted by Crippen LogP contribution is 2.33. The van der Waals surface area contributed by atoms with Gasteiger partial charge in [-0.1, -0.05) is 6.07 Å². The van der Waals surface area contributed by atoms with E-state index in [2.05, 4.69) is 19.3 Å². The lowest BCUT2D eigenvalue weighted by Crippen LogP contribution is -2.49. The van der Waals surface area contributed by atoms with Crippen molar-refractivity contribution in [3.63, 3.8) is 0 Å². The molecule has 2 aromatic rings. The summed E-state index contributed by atoms with van der Waals surface area (Å²) in [6.45, 7) is 9.69. The van der Waals surface area contributed by atoms with Crippen LogP contribution in [0.2, 0.25) is 0 Å². The Morgan fingerprint density at radius 2 is 1.79 bits per heavy atom. The summed E-state index contributed by atoms with van der Waals surface area (Å²) in [6.07, 6.45) is -3.91. The standard InChI is InChI=1S/C22H27F3N4O4/c1-14-27-18(19(32-14)22(23,24)25)17(30)11-15-5-6-16(26-12-15)13-28-7-9-29(10-8-28)20(31)33-21(2,3)4/h5-6,12H,7-11,13H2,1-4H3. The van der Waals surface area contributed by atoms with E-state index in [4.69, 9.17) is 4.74 Å². The number of Topliss-reactive ketones (excluding diaryl/α,β-unsaturated/α-hetero) is 1. The second kappa shape index (κ2) is 9.50. The largest absolute Gasteiger partial charge is 0.452 e. The summed E-state index contributed by atoms with van der Waals surface area (Å²) in [6, 6.07) is 3.40. The predicted molar refractivity (Wildman–Crippen MR) is 112 cm³/mol. The average Bonchev–Trinajstić information content (AvgIpc) is 3.11. The van der Waals surface area contributed by atoms with Gasteiger partial charge in [-0.2, -0.15) is 13.2 Å². The van der Waals surface area contributed by atoms with Crippen molar-refractivity contribution in [3.05, 3.63) is 46.9 Å². The maximum atomic E-state index is 13.0. The molecule has 0 unspecified atom stereocenters. The van der Waals surface area contributed by atoms with Gasteiger partial charge in [0.1, 0.15) is 5.60 Å². The first-order valence-electron chi connectivity index (χ1n) is 10.5. The molecule has 0 N–H and O–H groups in total. The van der Waals surface area contributed by atoms with Gasteiger partial charge < -0.3 is 14.1 Å². The fourth-order valence-corrected chi connectivity index (χ4v) is 3.37. The van der Waals surface area contributed by atoms with Gasteiger partial charge >= 0.3 is 12.3 Å². The SMILES string of the molecule is Cc1nc(C(=O)Cc2ccc(CN3CCN(C(=O)OC(C)(C)C)CC3)nc2)c(C(F)(F)F)o1. The van der Waals surface area contributed by atoms with Crippen molar-refractivity contribution < 1.29 is 31.9 Å².